The summed E-state index contributed by atoms with van der Waals surface area (Å²) >= 11 is 1.74. The summed E-state index contributed by atoms with van der Waals surface area (Å²) in [5, 5.41) is 7.77. The molecule has 0 aliphatic carbocycles. The lowest BCUT2D eigenvalue weighted by atomic mass is 10.2. The quantitative estimate of drug-likeness (QED) is 0.410. The number of nitrogens with zero attached hydrogens (tertiary/aromatic N) is 2. The van der Waals surface area contributed by atoms with Crippen molar-refractivity contribution in [3.63, 3.8) is 0 Å². The fraction of sp³-hybridized carbons (Fsp3) is 0.368. The van der Waals surface area contributed by atoms with Crippen LogP contribution >= 0.6 is 11.3 Å². The SMILES string of the molecule is C=CCOc1ccccc1CN=C(NCC)NCCc1ncc(C)s1. The zero-order valence-electron chi connectivity index (χ0n) is 14.9. The van der Waals surface area contributed by atoms with Crippen molar-refractivity contribution in [2.24, 2.45) is 4.99 Å². The van der Waals surface area contributed by atoms with Crippen molar-refractivity contribution in [2.45, 2.75) is 26.8 Å². The van der Waals surface area contributed by atoms with Gasteiger partial charge in [0.05, 0.1) is 11.6 Å². The van der Waals surface area contributed by atoms with Gasteiger partial charge in [-0.1, -0.05) is 30.9 Å². The van der Waals surface area contributed by atoms with Crippen LogP contribution in [0.4, 0.5) is 0 Å². The van der Waals surface area contributed by atoms with E-state index in [2.05, 4.69) is 41.0 Å². The highest BCUT2D eigenvalue weighted by molar-refractivity contribution is 7.11. The van der Waals surface area contributed by atoms with Crippen LogP contribution in [0.25, 0.3) is 0 Å². The summed E-state index contributed by atoms with van der Waals surface area (Å²) < 4.78 is 5.68. The molecule has 0 aliphatic heterocycles. The molecule has 0 saturated heterocycles. The van der Waals surface area contributed by atoms with E-state index in [-0.39, 0.29) is 0 Å². The van der Waals surface area contributed by atoms with Crippen molar-refractivity contribution in [2.75, 3.05) is 19.7 Å². The van der Waals surface area contributed by atoms with E-state index in [1.807, 2.05) is 30.5 Å². The summed E-state index contributed by atoms with van der Waals surface area (Å²) in [6.07, 6.45) is 4.55. The maximum absolute atomic E-state index is 5.68. The van der Waals surface area contributed by atoms with Crippen molar-refractivity contribution in [3.05, 3.63) is 58.6 Å². The highest BCUT2D eigenvalue weighted by atomic mass is 32.1. The molecule has 0 unspecified atom stereocenters. The van der Waals surface area contributed by atoms with E-state index in [0.29, 0.717) is 13.2 Å². The third-order valence-electron chi connectivity index (χ3n) is 3.38. The number of benzene rings is 1. The van der Waals surface area contributed by atoms with Gasteiger partial charge in [-0.3, -0.25) is 0 Å². The Morgan fingerprint density at radius 2 is 2.20 bits per heavy atom. The summed E-state index contributed by atoms with van der Waals surface area (Å²) in [5.41, 5.74) is 1.05. The van der Waals surface area contributed by atoms with E-state index < -0.39 is 0 Å². The van der Waals surface area contributed by atoms with Gasteiger partial charge in [0, 0.05) is 36.1 Å². The topological polar surface area (TPSA) is 58.5 Å². The monoisotopic (exact) mass is 358 g/mol. The van der Waals surface area contributed by atoms with Crippen molar-refractivity contribution < 1.29 is 4.74 Å². The Morgan fingerprint density at radius 3 is 2.92 bits per heavy atom. The molecule has 0 fully saturated rings. The molecule has 0 spiro atoms. The van der Waals surface area contributed by atoms with Crippen molar-refractivity contribution in [3.8, 4) is 5.75 Å². The van der Waals surface area contributed by atoms with Gasteiger partial charge in [-0.25, -0.2) is 9.98 Å². The maximum atomic E-state index is 5.68. The number of para-hydroxylation sites is 1. The van der Waals surface area contributed by atoms with E-state index >= 15 is 0 Å². The number of hydrogen-bond acceptors (Lipinski definition) is 4. The number of rotatable bonds is 9. The van der Waals surface area contributed by atoms with E-state index in [4.69, 9.17) is 4.74 Å². The average Bonchev–Trinajstić information content (AvgIpc) is 3.03. The molecule has 2 aromatic rings. The van der Waals surface area contributed by atoms with Gasteiger partial charge >= 0.3 is 0 Å². The van der Waals surface area contributed by atoms with Crippen LogP contribution in [0.3, 0.4) is 0 Å². The zero-order chi connectivity index (χ0) is 17.9. The summed E-state index contributed by atoms with van der Waals surface area (Å²) in [7, 11) is 0. The van der Waals surface area contributed by atoms with Gasteiger partial charge in [-0.15, -0.1) is 11.3 Å². The number of hydrogen-bond donors (Lipinski definition) is 2. The number of aromatic nitrogens is 1. The Bertz CT molecular complexity index is 696. The first kappa shape index (κ1) is 19.0. The highest BCUT2D eigenvalue weighted by Gasteiger charge is 2.04. The summed E-state index contributed by atoms with van der Waals surface area (Å²) in [6.45, 7) is 10.5. The van der Waals surface area contributed by atoms with Crippen molar-refractivity contribution in [1.82, 2.24) is 15.6 Å². The van der Waals surface area contributed by atoms with Crippen LogP contribution in [0.2, 0.25) is 0 Å². The molecule has 0 amide bonds. The van der Waals surface area contributed by atoms with Gasteiger partial charge in [0.25, 0.3) is 0 Å². The highest BCUT2D eigenvalue weighted by Crippen LogP contribution is 2.18. The lowest BCUT2D eigenvalue weighted by Crippen LogP contribution is -2.38. The second-order valence-electron chi connectivity index (χ2n) is 5.44. The van der Waals surface area contributed by atoms with E-state index in [1.54, 1.807) is 17.4 Å². The molecule has 6 heteroatoms. The first-order valence-electron chi connectivity index (χ1n) is 8.48. The van der Waals surface area contributed by atoms with Gasteiger partial charge < -0.3 is 15.4 Å². The number of aryl methyl sites for hydroxylation is 1. The largest absolute Gasteiger partial charge is 0.489 e. The summed E-state index contributed by atoms with van der Waals surface area (Å²) in [4.78, 5) is 10.3. The van der Waals surface area contributed by atoms with Crippen LogP contribution in [0.5, 0.6) is 5.75 Å². The van der Waals surface area contributed by atoms with Crippen LogP contribution in [0, 0.1) is 6.92 Å². The predicted molar refractivity (Wildman–Crippen MR) is 106 cm³/mol. The lowest BCUT2D eigenvalue weighted by molar-refractivity contribution is 0.359. The lowest BCUT2D eigenvalue weighted by Gasteiger charge is -2.12. The minimum atomic E-state index is 0.492. The average molecular weight is 359 g/mol. The maximum Gasteiger partial charge on any atom is 0.191 e. The Balaban J connectivity index is 1.93. The number of nitrogens with one attached hydrogen (secondary N) is 2. The van der Waals surface area contributed by atoms with Crippen LogP contribution in [0.1, 0.15) is 22.4 Å². The van der Waals surface area contributed by atoms with Crippen molar-refractivity contribution in [1.29, 1.82) is 0 Å². The third kappa shape index (κ3) is 6.58. The molecule has 0 bridgehead atoms. The van der Waals surface area contributed by atoms with Gasteiger partial charge in [-0.2, -0.15) is 0 Å². The summed E-state index contributed by atoms with van der Waals surface area (Å²) in [5.74, 6) is 1.65. The van der Waals surface area contributed by atoms with Gasteiger partial charge in [-0.05, 0) is 19.9 Å². The standard InChI is InChI=1S/C19H26N4OS/c1-4-12-24-17-9-7-6-8-16(17)14-23-19(20-5-2)21-11-10-18-22-13-15(3)25-18/h4,6-9,13H,1,5,10-12,14H2,2-3H3,(H2,20,21,23). The Labute approximate surface area is 153 Å². The van der Waals surface area contributed by atoms with Crippen LogP contribution in [-0.4, -0.2) is 30.6 Å². The first-order valence-corrected chi connectivity index (χ1v) is 9.29. The molecule has 1 aromatic carbocycles. The predicted octanol–water partition coefficient (Wildman–Crippen LogP) is 3.31. The Kier molecular flexibility index (Phi) is 7.98. The van der Waals surface area contributed by atoms with Crippen LogP contribution < -0.4 is 15.4 Å². The molecule has 2 rings (SSSR count). The molecule has 0 atom stereocenters. The second-order valence-corrected chi connectivity index (χ2v) is 6.76. The minimum Gasteiger partial charge on any atom is -0.489 e. The smallest absolute Gasteiger partial charge is 0.191 e. The third-order valence-corrected chi connectivity index (χ3v) is 4.35. The Morgan fingerprint density at radius 1 is 1.36 bits per heavy atom. The number of thiazole rings is 1. The first-order chi connectivity index (χ1) is 12.2. The summed E-state index contributed by atoms with van der Waals surface area (Å²) in [6, 6.07) is 7.95. The van der Waals surface area contributed by atoms with Gasteiger partial charge in [0.15, 0.2) is 5.96 Å². The Hall–Kier alpha value is -2.34. The molecule has 0 radical (unpaired) electrons. The molecular formula is C19H26N4OS. The molecule has 134 valence electrons. The molecule has 5 nitrogen and oxygen atoms in total. The molecule has 0 saturated carbocycles. The fourth-order valence-corrected chi connectivity index (χ4v) is 3.02. The number of guanidine groups is 1. The van der Waals surface area contributed by atoms with Crippen molar-refractivity contribution >= 4 is 17.3 Å². The number of ether oxygens (including phenoxy) is 1. The molecule has 0 aliphatic rings. The molecule has 1 aromatic heterocycles. The van der Waals surface area contributed by atoms with Gasteiger partial charge in [0.1, 0.15) is 12.4 Å². The molecule has 2 N–H and O–H groups in total. The van der Waals surface area contributed by atoms with E-state index in [1.165, 1.54) is 4.88 Å². The molecule has 25 heavy (non-hydrogen) atoms. The molecular weight excluding hydrogens is 332 g/mol. The second kappa shape index (κ2) is 10.5. The fourth-order valence-electron chi connectivity index (χ4n) is 2.23. The van der Waals surface area contributed by atoms with Crippen LogP contribution in [0.15, 0.2) is 48.1 Å². The van der Waals surface area contributed by atoms with Gasteiger partial charge in [0.2, 0.25) is 0 Å². The van der Waals surface area contributed by atoms with Crippen LogP contribution in [-0.2, 0) is 13.0 Å². The number of aliphatic imine (C=N–C) groups is 1. The normalized spacial score (nSPS) is 11.2. The molecule has 1 heterocycles. The van der Waals surface area contributed by atoms with E-state index in [0.717, 1.165) is 41.8 Å². The zero-order valence-corrected chi connectivity index (χ0v) is 15.7. The van der Waals surface area contributed by atoms with E-state index in [9.17, 15) is 0 Å². The minimum absolute atomic E-state index is 0.492.